The van der Waals surface area contributed by atoms with Gasteiger partial charge in [0, 0.05) is 12.0 Å². The number of carbonyl (C=O) groups excluding carboxylic acids is 1. The van der Waals surface area contributed by atoms with E-state index in [0.717, 1.165) is 12.0 Å². The molecule has 1 saturated carbocycles. The van der Waals surface area contributed by atoms with Crippen molar-refractivity contribution in [2.24, 2.45) is 11.8 Å². The smallest absolute Gasteiger partial charge is 0.162 e. The summed E-state index contributed by atoms with van der Waals surface area (Å²) in [6, 6.07) is 0. The van der Waals surface area contributed by atoms with Crippen LogP contribution in [0, 0.1) is 11.8 Å². The van der Waals surface area contributed by atoms with Gasteiger partial charge in [-0.2, -0.15) is 0 Å². The third-order valence-corrected chi connectivity index (χ3v) is 3.10. The number of allylic oxidation sites excluding steroid dienone is 3. The van der Waals surface area contributed by atoms with Crippen molar-refractivity contribution in [3.05, 3.63) is 24.3 Å². The van der Waals surface area contributed by atoms with Crippen LogP contribution in [-0.2, 0) is 4.79 Å². The van der Waals surface area contributed by atoms with E-state index in [1.807, 2.05) is 0 Å². The number of fused-ring (bicyclic) bond motifs is 1. The van der Waals surface area contributed by atoms with E-state index < -0.39 is 0 Å². The zero-order chi connectivity index (χ0) is 8.55. The molecular formula is C11H14O. The molecule has 0 heterocycles. The maximum absolute atomic E-state index is 11.4. The molecule has 0 bridgehead atoms. The molecule has 12 heavy (non-hydrogen) atoms. The maximum atomic E-state index is 11.4. The number of ketones is 1. The van der Waals surface area contributed by atoms with Crippen molar-refractivity contribution >= 4 is 5.78 Å². The molecule has 1 fully saturated rings. The molecule has 0 radical (unpaired) electrons. The van der Waals surface area contributed by atoms with Crippen molar-refractivity contribution in [3.63, 3.8) is 0 Å². The van der Waals surface area contributed by atoms with Crippen molar-refractivity contribution in [2.45, 2.75) is 25.7 Å². The Morgan fingerprint density at radius 3 is 3.08 bits per heavy atom. The molecule has 0 aliphatic heterocycles. The van der Waals surface area contributed by atoms with E-state index in [1.165, 1.54) is 19.3 Å². The third kappa shape index (κ3) is 1.13. The summed E-state index contributed by atoms with van der Waals surface area (Å²) in [4.78, 5) is 11.4. The highest BCUT2D eigenvalue weighted by atomic mass is 16.1. The first-order chi connectivity index (χ1) is 5.81. The standard InChI is InChI=1S/C11H14O/c1-2-8-6-9-4-3-5-10(9)7-11(8)12/h2,6,9-10H,1,3-5,7H2. The van der Waals surface area contributed by atoms with Gasteiger partial charge < -0.3 is 0 Å². The molecule has 2 aliphatic rings. The molecular weight excluding hydrogens is 148 g/mol. The lowest BCUT2D eigenvalue weighted by Crippen LogP contribution is -2.18. The van der Waals surface area contributed by atoms with Crippen molar-refractivity contribution in [1.82, 2.24) is 0 Å². The first-order valence-corrected chi connectivity index (χ1v) is 4.68. The van der Waals surface area contributed by atoms with Crippen molar-refractivity contribution < 1.29 is 4.79 Å². The van der Waals surface area contributed by atoms with Gasteiger partial charge in [0.15, 0.2) is 5.78 Å². The summed E-state index contributed by atoms with van der Waals surface area (Å²) in [6.45, 7) is 3.66. The summed E-state index contributed by atoms with van der Waals surface area (Å²) in [7, 11) is 0. The highest BCUT2D eigenvalue weighted by molar-refractivity contribution is 5.98. The van der Waals surface area contributed by atoms with Crippen molar-refractivity contribution in [3.8, 4) is 0 Å². The molecule has 0 amide bonds. The molecule has 2 rings (SSSR count). The first-order valence-electron chi connectivity index (χ1n) is 4.68. The second-order valence-electron chi connectivity index (χ2n) is 3.81. The first kappa shape index (κ1) is 7.78. The van der Waals surface area contributed by atoms with Crippen LogP contribution in [0.3, 0.4) is 0 Å². The topological polar surface area (TPSA) is 17.1 Å². The van der Waals surface area contributed by atoms with Gasteiger partial charge in [-0.25, -0.2) is 0 Å². The molecule has 0 saturated heterocycles. The molecule has 0 spiro atoms. The van der Waals surface area contributed by atoms with Gasteiger partial charge in [-0.1, -0.05) is 25.2 Å². The second kappa shape index (κ2) is 2.89. The highest BCUT2D eigenvalue weighted by Gasteiger charge is 2.32. The van der Waals surface area contributed by atoms with Crippen LogP contribution < -0.4 is 0 Å². The van der Waals surface area contributed by atoms with Crippen LogP contribution in [0.25, 0.3) is 0 Å². The highest BCUT2D eigenvalue weighted by Crippen LogP contribution is 2.39. The van der Waals surface area contributed by atoms with E-state index in [9.17, 15) is 4.79 Å². The van der Waals surface area contributed by atoms with Crippen molar-refractivity contribution in [1.29, 1.82) is 0 Å². The molecule has 0 aromatic rings. The normalized spacial score (nSPS) is 34.3. The van der Waals surface area contributed by atoms with Gasteiger partial charge in [0.2, 0.25) is 0 Å². The van der Waals surface area contributed by atoms with Crippen LogP contribution in [0.4, 0.5) is 0 Å². The molecule has 0 aromatic heterocycles. The summed E-state index contributed by atoms with van der Waals surface area (Å²) < 4.78 is 0. The Hall–Kier alpha value is -0.850. The molecule has 0 N–H and O–H groups in total. The maximum Gasteiger partial charge on any atom is 0.162 e. The van der Waals surface area contributed by atoms with Crippen LogP contribution in [0.1, 0.15) is 25.7 Å². The van der Waals surface area contributed by atoms with E-state index in [-0.39, 0.29) is 0 Å². The predicted octanol–water partition coefficient (Wildman–Crippen LogP) is 2.49. The Bertz CT molecular complexity index is 250. The lowest BCUT2D eigenvalue weighted by molar-refractivity contribution is -0.116. The van der Waals surface area contributed by atoms with Gasteiger partial charge in [0.25, 0.3) is 0 Å². The predicted molar refractivity (Wildman–Crippen MR) is 48.7 cm³/mol. The molecule has 64 valence electrons. The fourth-order valence-corrected chi connectivity index (χ4v) is 2.40. The van der Waals surface area contributed by atoms with Crippen LogP contribution in [-0.4, -0.2) is 5.78 Å². The Morgan fingerprint density at radius 2 is 2.33 bits per heavy atom. The Morgan fingerprint density at radius 1 is 1.50 bits per heavy atom. The largest absolute Gasteiger partial charge is 0.294 e. The van der Waals surface area contributed by atoms with E-state index in [0.29, 0.717) is 17.6 Å². The van der Waals surface area contributed by atoms with Crippen LogP contribution in [0.2, 0.25) is 0 Å². The SMILES string of the molecule is C=CC1=CC2CCCC2CC1=O. The molecule has 2 atom stereocenters. The van der Waals surface area contributed by atoms with Gasteiger partial charge >= 0.3 is 0 Å². The van der Waals surface area contributed by atoms with E-state index >= 15 is 0 Å². The average Bonchev–Trinajstić information content (AvgIpc) is 2.49. The Labute approximate surface area is 73.2 Å². The number of hydrogen-bond acceptors (Lipinski definition) is 1. The van der Waals surface area contributed by atoms with Crippen LogP contribution >= 0.6 is 0 Å². The third-order valence-electron chi connectivity index (χ3n) is 3.10. The fraction of sp³-hybridized carbons (Fsp3) is 0.545. The molecule has 1 nitrogen and oxygen atoms in total. The van der Waals surface area contributed by atoms with Gasteiger partial charge in [0.05, 0.1) is 0 Å². The molecule has 0 aromatic carbocycles. The monoisotopic (exact) mass is 162 g/mol. The number of hydrogen-bond donors (Lipinski definition) is 0. The summed E-state index contributed by atoms with van der Waals surface area (Å²) in [5.41, 5.74) is 0.859. The summed E-state index contributed by atoms with van der Waals surface area (Å²) >= 11 is 0. The molecule has 2 unspecified atom stereocenters. The minimum absolute atomic E-state index is 0.299. The van der Waals surface area contributed by atoms with E-state index in [1.54, 1.807) is 6.08 Å². The van der Waals surface area contributed by atoms with Crippen LogP contribution in [0.15, 0.2) is 24.3 Å². The average molecular weight is 162 g/mol. The van der Waals surface area contributed by atoms with Gasteiger partial charge in [-0.3, -0.25) is 4.79 Å². The summed E-state index contributed by atoms with van der Waals surface area (Å²) in [5.74, 6) is 1.63. The van der Waals surface area contributed by atoms with Gasteiger partial charge in [-0.05, 0) is 24.7 Å². The van der Waals surface area contributed by atoms with Crippen LogP contribution in [0.5, 0.6) is 0 Å². The minimum Gasteiger partial charge on any atom is -0.294 e. The van der Waals surface area contributed by atoms with Gasteiger partial charge in [-0.15, -0.1) is 0 Å². The van der Waals surface area contributed by atoms with E-state index in [2.05, 4.69) is 12.7 Å². The Kier molecular flexibility index (Phi) is 1.87. The zero-order valence-electron chi connectivity index (χ0n) is 7.25. The number of carbonyl (C=O) groups is 1. The lowest BCUT2D eigenvalue weighted by Gasteiger charge is -2.21. The van der Waals surface area contributed by atoms with Gasteiger partial charge in [0.1, 0.15) is 0 Å². The number of rotatable bonds is 1. The summed E-state index contributed by atoms with van der Waals surface area (Å²) in [5, 5.41) is 0. The Balaban J connectivity index is 2.25. The second-order valence-corrected chi connectivity index (χ2v) is 3.81. The molecule has 2 aliphatic carbocycles. The van der Waals surface area contributed by atoms with E-state index in [4.69, 9.17) is 0 Å². The number of Topliss-reactive ketones (excluding diaryl/α,β-unsaturated/α-hetero) is 1. The fourth-order valence-electron chi connectivity index (χ4n) is 2.40. The minimum atomic E-state index is 0.299. The quantitative estimate of drug-likeness (QED) is 0.579. The zero-order valence-corrected chi connectivity index (χ0v) is 7.25. The lowest BCUT2D eigenvalue weighted by atomic mass is 9.82. The van der Waals surface area contributed by atoms with Crippen molar-refractivity contribution in [2.75, 3.05) is 0 Å². The summed E-state index contributed by atoms with van der Waals surface area (Å²) in [6.07, 6.45) is 8.42. The molecule has 1 heteroatoms.